The summed E-state index contributed by atoms with van der Waals surface area (Å²) < 4.78 is 5.73. The first kappa shape index (κ1) is 14.3. The minimum atomic E-state index is 0.0593. The highest BCUT2D eigenvalue weighted by Gasteiger charge is 2.27. The Bertz CT molecular complexity index is 409. The molecule has 5 heteroatoms. The molecule has 2 heterocycles. The highest BCUT2D eigenvalue weighted by atomic mass is 16.4. The molecule has 2 rings (SSSR count). The molecule has 1 aliphatic rings. The molecule has 1 saturated heterocycles. The molecule has 0 radical (unpaired) electrons. The maximum atomic E-state index is 5.73. The largest absolute Gasteiger partial charge is 0.407 e. The van der Waals surface area contributed by atoms with Crippen LogP contribution in [-0.2, 0) is 6.54 Å². The molecule has 0 aliphatic carbocycles. The second kappa shape index (κ2) is 5.12. The standard InChI is InChI=1S/C14H26N4O/c1-13(2,3)15-10-11-16-17-12(19-11)18-8-6-14(4,5)7-9-18/h15H,6-10H2,1-5H3. The molecule has 0 bridgehead atoms. The summed E-state index contributed by atoms with van der Waals surface area (Å²) in [6.45, 7) is 13.6. The van der Waals surface area contributed by atoms with Crippen LogP contribution < -0.4 is 10.2 Å². The van der Waals surface area contributed by atoms with Crippen molar-refractivity contribution in [2.45, 2.75) is 59.5 Å². The molecular formula is C14H26N4O. The number of hydrogen-bond acceptors (Lipinski definition) is 5. The molecule has 0 aromatic carbocycles. The van der Waals surface area contributed by atoms with Crippen LogP contribution in [0.25, 0.3) is 0 Å². The summed E-state index contributed by atoms with van der Waals surface area (Å²) in [5, 5.41) is 11.6. The molecule has 0 saturated carbocycles. The van der Waals surface area contributed by atoms with Crippen LogP contribution in [0, 0.1) is 5.41 Å². The van der Waals surface area contributed by atoms with Crippen LogP contribution in [0.5, 0.6) is 0 Å². The van der Waals surface area contributed by atoms with Gasteiger partial charge in [0.15, 0.2) is 0 Å². The van der Waals surface area contributed by atoms with Gasteiger partial charge in [0.2, 0.25) is 5.89 Å². The lowest BCUT2D eigenvalue weighted by Gasteiger charge is -2.35. The summed E-state index contributed by atoms with van der Waals surface area (Å²) in [4.78, 5) is 2.19. The zero-order chi connectivity index (χ0) is 14.1. The summed E-state index contributed by atoms with van der Waals surface area (Å²) in [5.41, 5.74) is 0.497. The highest BCUT2D eigenvalue weighted by molar-refractivity contribution is 5.25. The minimum absolute atomic E-state index is 0.0593. The van der Waals surface area contributed by atoms with Crippen molar-refractivity contribution in [3.05, 3.63) is 5.89 Å². The second-order valence-corrected chi connectivity index (χ2v) is 7.23. The lowest BCUT2D eigenvalue weighted by molar-refractivity contribution is 0.272. The van der Waals surface area contributed by atoms with Gasteiger partial charge in [-0.15, -0.1) is 5.10 Å². The van der Waals surface area contributed by atoms with Crippen LogP contribution in [-0.4, -0.2) is 28.8 Å². The molecule has 0 atom stereocenters. The van der Waals surface area contributed by atoms with E-state index in [0.717, 1.165) is 13.1 Å². The van der Waals surface area contributed by atoms with Crippen molar-refractivity contribution in [1.29, 1.82) is 0 Å². The number of nitrogens with one attached hydrogen (secondary N) is 1. The number of anilines is 1. The van der Waals surface area contributed by atoms with E-state index in [1.165, 1.54) is 12.8 Å². The van der Waals surface area contributed by atoms with Crippen molar-refractivity contribution in [1.82, 2.24) is 15.5 Å². The molecule has 1 aromatic heterocycles. The maximum Gasteiger partial charge on any atom is 0.318 e. The quantitative estimate of drug-likeness (QED) is 0.911. The molecule has 1 fully saturated rings. The van der Waals surface area contributed by atoms with Gasteiger partial charge in [-0.2, -0.15) is 0 Å². The van der Waals surface area contributed by atoms with Crippen LogP contribution in [0.15, 0.2) is 4.42 Å². The average Bonchev–Trinajstić information content (AvgIpc) is 2.74. The topological polar surface area (TPSA) is 54.2 Å². The van der Waals surface area contributed by atoms with E-state index >= 15 is 0 Å². The van der Waals surface area contributed by atoms with Gasteiger partial charge in [0, 0.05) is 18.6 Å². The third kappa shape index (κ3) is 4.20. The highest BCUT2D eigenvalue weighted by Crippen LogP contribution is 2.31. The SMILES string of the molecule is CC1(C)CCN(c2nnc(CNC(C)(C)C)o2)CC1. The maximum absolute atomic E-state index is 5.73. The van der Waals surface area contributed by atoms with Crippen molar-refractivity contribution in [3.63, 3.8) is 0 Å². The Kier molecular flexibility index (Phi) is 3.85. The number of hydrogen-bond donors (Lipinski definition) is 1. The molecule has 0 spiro atoms. The van der Waals surface area contributed by atoms with E-state index in [1.54, 1.807) is 0 Å². The van der Waals surface area contributed by atoms with E-state index in [0.29, 0.717) is 23.9 Å². The number of piperidine rings is 1. The zero-order valence-corrected chi connectivity index (χ0v) is 12.8. The summed E-state index contributed by atoms with van der Waals surface area (Å²) >= 11 is 0. The third-order valence-corrected chi connectivity index (χ3v) is 3.61. The number of aromatic nitrogens is 2. The van der Waals surface area contributed by atoms with Crippen LogP contribution in [0.4, 0.5) is 6.01 Å². The van der Waals surface area contributed by atoms with Crippen molar-refractivity contribution in [2.24, 2.45) is 5.41 Å². The first-order valence-electron chi connectivity index (χ1n) is 7.08. The molecule has 1 aromatic rings. The molecular weight excluding hydrogens is 240 g/mol. The molecule has 0 amide bonds. The van der Waals surface area contributed by atoms with Crippen molar-refractivity contribution >= 4 is 6.01 Å². The van der Waals surface area contributed by atoms with Gasteiger partial charge in [0.05, 0.1) is 6.54 Å². The molecule has 1 aliphatic heterocycles. The van der Waals surface area contributed by atoms with Crippen LogP contribution in [0.2, 0.25) is 0 Å². The van der Waals surface area contributed by atoms with Crippen molar-refractivity contribution in [2.75, 3.05) is 18.0 Å². The Balaban J connectivity index is 1.91. The van der Waals surface area contributed by atoms with Gasteiger partial charge in [0.25, 0.3) is 0 Å². The Morgan fingerprint density at radius 1 is 1.21 bits per heavy atom. The van der Waals surface area contributed by atoms with Gasteiger partial charge in [-0.1, -0.05) is 18.9 Å². The van der Waals surface area contributed by atoms with Crippen LogP contribution in [0.1, 0.15) is 53.4 Å². The van der Waals surface area contributed by atoms with Gasteiger partial charge in [-0.25, -0.2) is 0 Å². The molecule has 5 nitrogen and oxygen atoms in total. The Labute approximate surface area is 115 Å². The minimum Gasteiger partial charge on any atom is -0.407 e. The van der Waals surface area contributed by atoms with E-state index in [4.69, 9.17) is 4.42 Å². The number of nitrogens with zero attached hydrogens (tertiary/aromatic N) is 3. The fourth-order valence-corrected chi connectivity index (χ4v) is 2.09. The molecule has 1 N–H and O–H groups in total. The smallest absolute Gasteiger partial charge is 0.318 e. The lowest BCUT2D eigenvalue weighted by Crippen LogP contribution is -2.37. The lowest BCUT2D eigenvalue weighted by atomic mass is 9.83. The van der Waals surface area contributed by atoms with Gasteiger partial charge >= 0.3 is 6.01 Å². The molecule has 19 heavy (non-hydrogen) atoms. The van der Waals surface area contributed by atoms with Gasteiger partial charge in [-0.05, 0) is 39.0 Å². The predicted molar refractivity (Wildman–Crippen MR) is 76.1 cm³/mol. The molecule has 108 valence electrons. The van der Waals surface area contributed by atoms with Gasteiger partial charge in [-0.3, -0.25) is 0 Å². The van der Waals surface area contributed by atoms with E-state index in [1.807, 2.05) is 0 Å². The van der Waals surface area contributed by atoms with Crippen LogP contribution in [0.3, 0.4) is 0 Å². The average molecular weight is 266 g/mol. The van der Waals surface area contributed by atoms with Crippen molar-refractivity contribution in [3.8, 4) is 0 Å². The van der Waals surface area contributed by atoms with Crippen LogP contribution >= 0.6 is 0 Å². The normalized spacial score (nSPS) is 19.7. The molecule has 0 unspecified atom stereocenters. The van der Waals surface area contributed by atoms with E-state index < -0.39 is 0 Å². The Morgan fingerprint density at radius 3 is 2.42 bits per heavy atom. The first-order chi connectivity index (χ1) is 8.75. The van der Waals surface area contributed by atoms with Gasteiger partial charge < -0.3 is 14.6 Å². The first-order valence-corrected chi connectivity index (χ1v) is 7.08. The summed E-state index contributed by atoms with van der Waals surface area (Å²) in [7, 11) is 0. The van der Waals surface area contributed by atoms with Crippen molar-refractivity contribution < 1.29 is 4.42 Å². The van der Waals surface area contributed by atoms with E-state index in [2.05, 4.69) is 55.0 Å². The summed E-state index contributed by atoms with van der Waals surface area (Å²) in [5.74, 6) is 0.662. The Hall–Kier alpha value is -1.10. The van der Waals surface area contributed by atoms with E-state index in [-0.39, 0.29) is 5.54 Å². The predicted octanol–water partition coefficient (Wildman–Crippen LogP) is 2.58. The fourth-order valence-electron chi connectivity index (χ4n) is 2.09. The summed E-state index contributed by atoms with van der Waals surface area (Å²) in [6.07, 6.45) is 2.34. The second-order valence-electron chi connectivity index (χ2n) is 7.23. The zero-order valence-electron chi connectivity index (χ0n) is 12.8. The van der Waals surface area contributed by atoms with E-state index in [9.17, 15) is 0 Å². The number of rotatable bonds is 3. The monoisotopic (exact) mass is 266 g/mol. The van der Waals surface area contributed by atoms with Gasteiger partial charge in [0.1, 0.15) is 0 Å². The Morgan fingerprint density at radius 2 is 1.84 bits per heavy atom. The fraction of sp³-hybridized carbons (Fsp3) is 0.857. The third-order valence-electron chi connectivity index (χ3n) is 3.61. The summed E-state index contributed by atoms with van der Waals surface area (Å²) in [6, 6.07) is 0.668.